The van der Waals surface area contributed by atoms with Crippen LogP contribution in [0.3, 0.4) is 0 Å². The van der Waals surface area contributed by atoms with E-state index < -0.39 is 29.0 Å². The van der Waals surface area contributed by atoms with Gasteiger partial charge in [-0.1, -0.05) is 29.3 Å². The number of aromatic hydroxyl groups is 1. The molecule has 1 aromatic carbocycles. The van der Waals surface area contributed by atoms with E-state index in [2.05, 4.69) is 0 Å². The molecule has 0 spiro atoms. The van der Waals surface area contributed by atoms with Crippen LogP contribution in [-0.4, -0.2) is 14.7 Å². The lowest BCUT2D eigenvalue weighted by Gasteiger charge is -2.18. The van der Waals surface area contributed by atoms with Gasteiger partial charge >= 0.3 is 5.69 Å². The van der Waals surface area contributed by atoms with Crippen LogP contribution in [0.15, 0.2) is 27.8 Å². The third-order valence-corrected chi connectivity index (χ3v) is 3.43. The van der Waals surface area contributed by atoms with Gasteiger partial charge in [0, 0.05) is 10.0 Å². The van der Waals surface area contributed by atoms with Gasteiger partial charge in [0.2, 0.25) is 11.7 Å². The highest BCUT2D eigenvalue weighted by Gasteiger charge is 2.21. The average molecular weight is 319 g/mol. The molecule has 0 saturated heterocycles. The van der Waals surface area contributed by atoms with Crippen LogP contribution >= 0.6 is 23.2 Å². The van der Waals surface area contributed by atoms with Crippen molar-refractivity contribution in [2.45, 2.75) is 13.0 Å². The normalized spacial score (nSPS) is 12.4. The van der Waals surface area contributed by atoms with Crippen molar-refractivity contribution in [3.05, 3.63) is 60.5 Å². The van der Waals surface area contributed by atoms with Crippen LogP contribution in [0.25, 0.3) is 0 Å². The maximum absolute atomic E-state index is 13.4. The maximum atomic E-state index is 13.4. The second kappa shape index (κ2) is 5.30. The van der Waals surface area contributed by atoms with Gasteiger partial charge in [-0.05, 0) is 24.6 Å². The first-order chi connectivity index (χ1) is 9.32. The van der Waals surface area contributed by atoms with Crippen molar-refractivity contribution in [1.29, 1.82) is 0 Å². The average Bonchev–Trinajstić information content (AvgIpc) is 2.36. The highest BCUT2D eigenvalue weighted by molar-refractivity contribution is 6.35. The maximum Gasteiger partial charge on any atom is 0.331 e. The molecule has 5 nitrogen and oxygen atoms in total. The van der Waals surface area contributed by atoms with Gasteiger partial charge in [-0.25, -0.2) is 4.79 Å². The lowest BCUT2D eigenvalue weighted by molar-refractivity contribution is 0.351. The lowest BCUT2D eigenvalue weighted by atomic mass is 10.1. The second-order valence-electron chi connectivity index (χ2n) is 4.11. The minimum Gasteiger partial charge on any atom is -0.492 e. The Morgan fingerprint density at radius 1 is 1.35 bits per heavy atom. The van der Waals surface area contributed by atoms with Crippen LogP contribution < -0.4 is 11.2 Å². The number of aromatic amines is 1. The van der Waals surface area contributed by atoms with Gasteiger partial charge in [-0.2, -0.15) is 4.39 Å². The first kappa shape index (κ1) is 14.6. The summed E-state index contributed by atoms with van der Waals surface area (Å²) in [6, 6.07) is 3.76. The Morgan fingerprint density at radius 2 is 2.00 bits per heavy atom. The van der Waals surface area contributed by atoms with E-state index in [4.69, 9.17) is 23.2 Å². The summed E-state index contributed by atoms with van der Waals surface area (Å²) >= 11 is 11.8. The molecule has 0 radical (unpaired) electrons. The van der Waals surface area contributed by atoms with Gasteiger partial charge in [0.1, 0.15) is 0 Å². The third-order valence-electron chi connectivity index (χ3n) is 2.86. The lowest BCUT2D eigenvalue weighted by Crippen LogP contribution is -2.33. The summed E-state index contributed by atoms with van der Waals surface area (Å²) in [4.78, 5) is 24.5. The first-order valence-electron chi connectivity index (χ1n) is 5.51. The highest BCUT2D eigenvalue weighted by Crippen LogP contribution is 2.29. The molecule has 8 heteroatoms. The van der Waals surface area contributed by atoms with Crippen molar-refractivity contribution in [1.82, 2.24) is 9.55 Å². The van der Waals surface area contributed by atoms with Crippen molar-refractivity contribution in [3.8, 4) is 5.88 Å². The second-order valence-corrected chi connectivity index (χ2v) is 4.95. The van der Waals surface area contributed by atoms with Crippen LogP contribution in [-0.2, 0) is 0 Å². The minimum atomic E-state index is -1.43. The van der Waals surface area contributed by atoms with E-state index in [1.165, 1.54) is 13.0 Å². The van der Waals surface area contributed by atoms with E-state index >= 15 is 0 Å². The number of hydrogen-bond donors (Lipinski definition) is 2. The van der Waals surface area contributed by atoms with Crippen LogP contribution in [0, 0.1) is 5.82 Å². The largest absolute Gasteiger partial charge is 0.492 e. The van der Waals surface area contributed by atoms with Gasteiger partial charge in [-0.15, -0.1) is 0 Å². The SMILES string of the molecule is CC(c1ccc(Cl)cc1Cl)n1c(O)c(F)c(=O)[nH]c1=O. The third kappa shape index (κ3) is 2.44. The molecule has 0 aliphatic carbocycles. The van der Waals surface area contributed by atoms with Crippen molar-refractivity contribution in [2.75, 3.05) is 0 Å². The zero-order valence-electron chi connectivity index (χ0n) is 10.2. The van der Waals surface area contributed by atoms with Crippen molar-refractivity contribution in [3.63, 3.8) is 0 Å². The molecule has 0 aliphatic rings. The first-order valence-corrected chi connectivity index (χ1v) is 6.26. The van der Waals surface area contributed by atoms with E-state index in [-0.39, 0.29) is 5.02 Å². The predicted molar refractivity (Wildman–Crippen MR) is 73.2 cm³/mol. The van der Waals surface area contributed by atoms with Crippen molar-refractivity contribution < 1.29 is 9.50 Å². The summed E-state index contributed by atoms with van der Waals surface area (Å²) in [6.07, 6.45) is 0. The molecule has 1 heterocycles. The van der Waals surface area contributed by atoms with Gasteiger partial charge in [0.05, 0.1) is 6.04 Å². The molecular formula is C12H9Cl2FN2O3. The molecule has 1 aromatic heterocycles. The predicted octanol–water partition coefficient (Wildman–Crippen LogP) is 2.30. The zero-order chi connectivity index (χ0) is 15.0. The van der Waals surface area contributed by atoms with E-state index in [9.17, 15) is 19.1 Å². The molecular weight excluding hydrogens is 310 g/mol. The van der Waals surface area contributed by atoms with E-state index in [0.29, 0.717) is 15.2 Å². The Bertz CT molecular complexity index is 785. The Kier molecular flexibility index (Phi) is 3.87. The number of benzene rings is 1. The smallest absolute Gasteiger partial charge is 0.331 e. The summed E-state index contributed by atoms with van der Waals surface area (Å²) in [7, 11) is 0. The van der Waals surface area contributed by atoms with Gasteiger partial charge < -0.3 is 5.11 Å². The summed E-state index contributed by atoms with van der Waals surface area (Å²) < 4.78 is 14.1. The molecule has 0 bridgehead atoms. The number of aromatic nitrogens is 2. The monoisotopic (exact) mass is 318 g/mol. The molecule has 20 heavy (non-hydrogen) atoms. The van der Waals surface area contributed by atoms with Gasteiger partial charge in [-0.3, -0.25) is 14.3 Å². The molecule has 2 N–H and O–H groups in total. The number of rotatable bonds is 2. The molecule has 2 rings (SSSR count). The number of hydrogen-bond acceptors (Lipinski definition) is 3. The standard InChI is InChI=1S/C12H9Cl2FN2O3/c1-5(7-3-2-6(13)4-8(7)14)17-11(19)9(15)10(18)16-12(17)20/h2-5,19H,1H3,(H,16,18,20). The number of nitrogens with zero attached hydrogens (tertiary/aromatic N) is 1. The van der Waals surface area contributed by atoms with Crippen LogP contribution in [0.4, 0.5) is 4.39 Å². The number of halogens is 3. The molecule has 0 aliphatic heterocycles. The molecule has 1 atom stereocenters. The summed E-state index contributed by atoms with van der Waals surface area (Å²) in [5.74, 6) is -2.47. The number of H-pyrrole nitrogens is 1. The molecule has 0 saturated carbocycles. The molecule has 1 unspecified atom stereocenters. The quantitative estimate of drug-likeness (QED) is 0.892. The van der Waals surface area contributed by atoms with Crippen LogP contribution in [0.2, 0.25) is 10.0 Å². The van der Waals surface area contributed by atoms with Crippen LogP contribution in [0.1, 0.15) is 18.5 Å². The topological polar surface area (TPSA) is 75.1 Å². The Hall–Kier alpha value is -1.79. The fourth-order valence-electron chi connectivity index (χ4n) is 1.85. The summed E-state index contributed by atoms with van der Waals surface area (Å²) in [5, 5.41) is 10.3. The van der Waals surface area contributed by atoms with E-state index in [1.807, 2.05) is 0 Å². The molecule has 0 amide bonds. The fourth-order valence-corrected chi connectivity index (χ4v) is 2.42. The fraction of sp³-hybridized carbons (Fsp3) is 0.167. The summed E-state index contributed by atoms with van der Waals surface area (Å²) in [5.41, 5.74) is -1.77. The molecule has 106 valence electrons. The Morgan fingerprint density at radius 3 is 2.60 bits per heavy atom. The zero-order valence-corrected chi connectivity index (χ0v) is 11.7. The van der Waals surface area contributed by atoms with E-state index in [1.54, 1.807) is 17.1 Å². The molecule has 2 aromatic rings. The highest BCUT2D eigenvalue weighted by atomic mass is 35.5. The van der Waals surface area contributed by atoms with Gasteiger partial charge in [0.15, 0.2) is 0 Å². The van der Waals surface area contributed by atoms with Crippen molar-refractivity contribution in [2.24, 2.45) is 0 Å². The number of nitrogens with one attached hydrogen (secondary N) is 1. The van der Waals surface area contributed by atoms with Crippen molar-refractivity contribution >= 4 is 23.2 Å². The van der Waals surface area contributed by atoms with Gasteiger partial charge in [0.25, 0.3) is 5.56 Å². The van der Waals surface area contributed by atoms with E-state index in [0.717, 1.165) is 0 Å². The Labute approximate surface area is 122 Å². The molecule has 0 fully saturated rings. The summed E-state index contributed by atoms with van der Waals surface area (Å²) in [6.45, 7) is 1.52. The van der Waals surface area contributed by atoms with Crippen LogP contribution in [0.5, 0.6) is 5.88 Å². The minimum absolute atomic E-state index is 0.253. The Balaban J connectivity index is 2.65.